The number of ether oxygens (including phenoxy) is 2. The van der Waals surface area contributed by atoms with Crippen LogP contribution in [0.4, 0.5) is 0 Å². The first kappa shape index (κ1) is 9.11. The standard InChI is InChI=1S/C4H11O4P/c1-6-4(7-2)3-8-9-5/h4H,3,9H2,1-2H3. The van der Waals surface area contributed by atoms with Crippen LogP contribution in [0.5, 0.6) is 0 Å². The van der Waals surface area contributed by atoms with Gasteiger partial charge in [-0.25, -0.2) is 0 Å². The van der Waals surface area contributed by atoms with Crippen molar-refractivity contribution in [2.75, 3.05) is 20.8 Å². The van der Waals surface area contributed by atoms with E-state index < -0.39 is 15.0 Å². The van der Waals surface area contributed by atoms with Gasteiger partial charge in [-0.1, -0.05) is 0 Å². The molecule has 0 bridgehead atoms. The Morgan fingerprint density at radius 2 is 2.00 bits per heavy atom. The summed E-state index contributed by atoms with van der Waals surface area (Å²) < 4.78 is 23.8. The quantitative estimate of drug-likeness (QED) is 0.421. The predicted molar refractivity (Wildman–Crippen MR) is 34.2 cm³/mol. The predicted octanol–water partition coefficient (Wildman–Crippen LogP) is 0.293. The van der Waals surface area contributed by atoms with Crippen molar-refractivity contribution in [3.8, 4) is 0 Å². The van der Waals surface area contributed by atoms with E-state index in [-0.39, 0.29) is 6.61 Å². The van der Waals surface area contributed by atoms with Gasteiger partial charge in [0.2, 0.25) is 0 Å². The van der Waals surface area contributed by atoms with Crippen molar-refractivity contribution < 1.29 is 18.6 Å². The van der Waals surface area contributed by atoms with Gasteiger partial charge in [-0.15, -0.1) is 0 Å². The van der Waals surface area contributed by atoms with Crippen LogP contribution in [0.3, 0.4) is 0 Å². The van der Waals surface area contributed by atoms with E-state index in [0.717, 1.165) is 0 Å². The largest absolute Gasteiger partial charge is 0.354 e. The van der Waals surface area contributed by atoms with E-state index in [9.17, 15) is 4.57 Å². The summed E-state index contributed by atoms with van der Waals surface area (Å²) in [4.78, 5) is 0. The number of rotatable bonds is 5. The van der Waals surface area contributed by atoms with Crippen molar-refractivity contribution in [3.05, 3.63) is 0 Å². The summed E-state index contributed by atoms with van der Waals surface area (Å²) in [5.41, 5.74) is 0. The van der Waals surface area contributed by atoms with Crippen molar-refractivity contribution >= 4 is 8.69 Å². The molecular weight excluding hydrogens is 143 g/mol. The molecule has 0 spiro atoms. The Morgan fingerprint density at radius 1 is 1.44 bits per heavy atom. The number of hydrogen-bond donors (Lipinski definition) is 0. The van der Waals surface area contributed by atoms with E-state index in [4.69, 9.17) is 9.47 Å². The molecule has 0 aromatic carbocycles. The lowest BCUT2D eigenvalue weighted by atomic mass is 10.7. The lowest BCUT2D eigenvalue weighted by Crippen LogP contribution is -2.17. The average molecular weight is 154 g/mol. The van der Waals surface area contributed by atoms with Crippen molar-refractivity contribution in [1.82, 2.24) is 0 Å². The summed E-state index contributed by atoms with van der Waals surface area (Å²) in [5, 5.41) is 0. The first-order chi connectivity index (χ1) is 4.35. The van der Waals surface area contributed by atoms with Crippen LogP contribution in [0.1, 0.15) is 0 Å². The first-order valence-corrected chi connectivity index (χ1v) is 3.40. The highest BCUT2D eigenvalue weighted by molar-refractivity contribution is 7.17. The Hall–Kier alpha value is 0.110. The Balaban J connectivity index is 3.19. The zero-order valence-corrected chi connectivity index (χ0v) is 6.65. The van der Waals surface area contributed by atoms with E-state index in [1.54, 1.807) is 0 Å². The zero-order valence-electron chi connectivity index (χ0n) is 5.49. The highest BCUT2D eigenvalue weighted by Gasteiger charge is 2.02. The maximum atomic E-state index is 9.82. The smallest absolute Gasteiger partial charge is 0.180 e. The first-order valence-electron chi connectivity index (χ1n) is 2.46. The lowest BCUT2D eigenvalue weighted by molar-refractivity contribution is -0.120. The molecule has 0 aliphatic carbocycles. The fraction of sp³-hybridized carbons (Fsp3) is 1.00. The van der Waals surface area contributed by atoms with Gasteiger partial charge >= 0.3 is 0 Å². The SMILES string of the molecule is COC(CO[PH2]=O)OC. The van der Waals surface area contributed by atoms with Gasteiger partial charge in [0.15, 0.2) is 15.0 Å². The molecule has 0 rings (SSSR count). The third-order valence-corrected chi connectivity index (χ3v) is 1.15. The van der Waals surface area contributed by atoms with E-state index in [2.05, 4.69) is 4.52 Å². The lowest BCUT2D eigenvalue weighted by Gasteiger charge is -2.10. The molecule has 0 aliphatic rings. The second-order valence-corrected chi connectivity index (χ2v) is 1.86. The van der Waals surface area contributed by atoms with Gasteiger partial charge in [0.05, 0.1) is 0 Å². The molecule has 9 heavy (non-hydrogen) atoms. The van der Waals surface area contributed by atoms with Crippen molar-refractivity contribution in [2.24, 2.45) is 0 Å². The number of hydrogen-bond acceptors (Lipinski definition) is 4. The zero-order chi connectivity index (χ0) is 7.11. The van der Waals surface area contributed by atoms with Gasteiger partial charge in [-0.2, -0.15) is 0 Å². The number of methoxy groups -OCH3 is 2. The average Bonchev–Trinajstić information content (AvgIpc) is 1.91. The molecule has 0 amide bonds. The highest BCUT2D eigenvalue weighted by atomic mass is 31.1. The van der Waals surface area contributed by atoms with Gasteiger partial charge in [0, 0.05) is 14.2 Å². The molecule has 0 radical (unpaired) electrons. The van der Waals surface area contributed by atoms with Crippen LogP contribution in [0.15, 0.2) is 0 Å². The maximum Gasteiger partial charge on any atom is 0.180 e. The fourth-order valence-corrected chi connectivity index (χ4v) is 0.586. The molecule has 0 N–H and O–H groups in total. The Bertz CT molecular complexity index is 73.0. The van der Waals surface area contributed by atoms with Crippen molar-refractivity contribution in [1.29, 1.82) is 0 Å². The topological polar surface area (TPSA) is 44.8 Å². The molecule has 0 aromatic heterocycles. The van der Waals surface area contributed by atoms with Crippen LogP contribution in [0, 0.1) is 0 Å². The van der Waals surface area contributed by atoms with Crippen LogP contribution in [0.2, 0.25) is 0 Å². The van der Waals surface area contributed by atoms with Gasteiger partial charge in [0.25, 0.3) is 0 Å². The monoisotopic (exact) mass is 154 g/mol. The van der Waals surface area contributed by atoms with E-state index in [1.807, 2.05) is 0 Å². The van der Waals surface area contributed by atoms with Crippen LogP contribution >= 0.6 is 8.69 Å². The van der Waals surface area contributed by atoms with Crippen LogP contribution < -0.4 is 0 Å². The second-order valence-electron chi connectivity index (χ2n) is 1.33. The third kappa shape index (κ3) is 4.60. The van der Waals surface area contributed by atoms with Gasteiger partial charge in [-0.3, -0.25) is 4.57 Å². The van der Waals surface area contributed by atoms with E-state index >= 15 is 0 Å². The molecular formula is C4H11O4P. The van der Waals surface area contributed by atoms with Crippen LogP contribution in [-0.2, 0) is 18.6 Å². The summed E-state index contributed by atoms with van der Waals surface area (Å²) in [7, 11) is 1.84. The molecule has 0 heterocycles. The fourth-order valence-electron chi connectivity index (χ4n) is 0.350. The van der Waals surface area contributed by atoms with Crippen molar-refractivity contribution in [2.45, 2.75) is 6.29 Å². The summed E-state index contributed by atoms with van der Waals surface area (Å²) in [5.74, 6) is 0. The Labute approximate surface area is 55.4 Å². The summed E-state index contributed by atoms with van der Waals surface area (Å²) in [6.07, 6.45) is -0.397. The van der Waals surface area contributed by atoms with E-state index in [1.165, 1.54) is 14.2 Å². The summed E-state index contributed by atoms with van der Waals surface area (Å²) in [6, 6.07) is 0. The molecule has 4 nitrogen and oxygen atoms in total. The van der Waals surface area contributed by atoms with Crippen molar-refractivity contribution in [3.63, 3.8) is 0 Å². The molecule has 0 saturated carbocycles. The minimum absolute atomic E-state index is 0.228. The summed E-state index contributed by atoms with van der Waals surface area (Å²) in [6.45, 7) is 0.228. The summed E-state index contributed by atoms with van der Waals surface area (Å²) >= 11 is 0. The minimum Gasteiger partial charge on any atom is -0.354 e. The molecule has 0 fully saturated rings. The maximum absolute atomic E-state index is 9.82. The highest BCUT2D eigenvalue weighted by Crippen LogP contribution is 1.98. The third-order valence-electron chi connectivity index (χ3n) is 0.826. The van der Waals surface area contributed by atoms with Gasteiger partial charge < -0.3 is 14.0 Å². The molecule has 1 atom stereocenters. The molecule has 56 valence electrons. The van der Waals surface area contributed by atoms with Crippen LogP contribution in [-0.4, -0.2) is 27.1 Å². The second kappa shape index (κ2) is 6.23. The van der Waals surface area contributed by atoms with Crippen LogP contribution in [0.25, 0.3) is 0 Å². The molecule has 0 aromatic rings. The van der Waals surface area contributed by atoms with Gasteiger partial charge in [-0.05, 0) is 0 Å². The normalized spacial score (nSPS) is 11.9. The Morgan fingerprint density at radius 3 is 2.33 bits per heavy atom. The minimum atomic E-state index is -1.16. The van der Waals surface area contributed by atoms with Gasteiger partial charge in [0.1, 0.15) is 6.61 Å². The molecule has 0 aliphatic heterocycles. The molecule has 0 saturated heterocycles. The Kier molecular flexibility index (Phi) is 6.31. The molecule has 5 heteroatoms. The molecule has 1 unspecified atom stereocenters. The van der Waals surface area contributed by atoms with E-state index in [0.29, 0.717) is 0 Å².